The molecule has 1 fully saturated rings. The lowest BCUT2D eigenvalue weighted by atomic mass is 9.79. The van der Waals surface area contributed by atoms with Gasteiger partial charge in [-0.25, -0.2) is 0 Å². The van der Waals surface area contributed by atoms with Gasteiger partial charge in [0.1, 0.15) is 17.1 Å². The van der Waals surface area contributed by atoms with Crippen LogP contribution in [0.4, 0.5) is 0 Å². The van der Waals surface area contributed by atoms with Crippen LogP contribution < -0.4 is 10.6 Å². The van der Waals surface area contributed by atoms with Crippen molar-refractivity contribution in [1.29, 1.82) is 0 Å². The highest BCUT2D eigenvalue weighted by atomic mass is 16.2. The molecule has 0 spiro atoms. The average Bonchev–Trinajstić information content (AvgIpc) is 2.97. The van der Waals surface area contributed by atoms with E-state index in [9.17, 15) is 4.79 Å². The van der Waals surface area contributed by atoms with E-state index >= 15 is 0 Å². The van der Waals surface area contributed by atoms with Gasteiger partial charge in [-0.3, -0.25) is 14.2 Å². The van der Waals surface area contributed by atoms with Crippen LogP contribution in [-0.4, -0.2) is 42.6 Å². The van der Waals surface area contributed by atoms with Crippen molar-refractivity contribution in [1.82, 2.24) is 30.2 Å². The average molecular weight is 346 g/mol. The van der Waals surface area contributed by atoms with E-state index in [1.807, 2.05) is 27.1 Å². The van der Waals surface area contributed by atoms with Crippen LogP contribution in [0.5, 0.6) is 0 Å². The molecule has 0 radical (unpaired) electrons. The number of piperidine rings is 1. The van der Waals surface area contributed by atoms with Gasteiger partial charge in [-0.2, -0.15) is 10.2 Å². The summed E-state index contributed by atoms with van der Waals surface area (Å²) in [6.07, 6.45) is 3.73. The summed E-state index contributed by atoms with van der Waals surface area (Å²) >= 11 is 0. The van der Waals surface area contributed by atoms with Crippen LogP contribution in [0, 0.1) is 6.92 Å². The maximum absolute atomic E-state index is 12.8. The SMILES string of the molecule is Cc1nn(C)c2cn(C(C)C(=O)NC3CC(C)(C)NC(C)(C)C3)nc12. The Morgan fingerprint density at radius 2 is 1.88 bits per heavy atom. The monoisotopic (exact) mass is 346 g/mol. The van der Waals surface area contributed by atoms with Crippen molar-refractivity contribution < 1.29 is 4.79 Å². The number of fused-ring (bicyclic) bond motifs is 1. The van der Waals surface area contributed by atoms with Gasteiger partial charge in [-0.1, -0.05) is 0 Å². The zero-order chi connectivity index (χ0) is 18.6. The predicted molar refractivity (Wildman–Crippen MR) is 98.4 cm³/mol. The van der Waals surface area contributed by atoms with E-state index in [4.69, 9.17) is 0 Å². The lowest BCUT2D eigenvalue weighted by Crippen LogP contribution is -2.62. The quantitative estimate of drug-likeness (QED) is 0.892. The van der Waals surface area contributed by atoms with Crippen LogP contribution >= 0.6 is 0 Å². The number of nitrogens with one attached hydrogen (secondary N) is 2. The summed E-state index contributed by atoms with van der Waals surface area (Å²) in [6.45, 7) is 12.6. The van der Waals surface area contributed by atoms with Crippen LogP contribution in [0.25, 0.3) is 11.0 Å². The molecule has 2 aromatic rings. The molecular weight excluding hydrogens is 316 g/mol. The standard InChI is InChI=1S/C18H30N6O/c1-11-15-14(23(7)20-11)10-24(21-15)12(2)16(25)19-13-8-17(3,4)22-18(5,6)9-13/h10,12-13,22H,8-9H2,1-7H3,(H,19,25). The number of aryl methyl sites for hydroxylation is 2. The van der Waals surface area contributed by atoms with Crippen LogP contribution in [0.3, 0.4) is 0 Å². The first kappa shape index (κ1) is 17.9. The van der Waals surface area contributed by atoms with E-state index in [0.29, 0.717) is 0 Å². The first-order valence-corrected chi connectivity index (χ1v) is 8.96. The van der Waals surface area contributed by atoms with Crippen molar-refractivity contribution in [2.24, 2.45) is 7.05 Å². The predicted octanol–water partition coefficient (Wildman–Crippen LogP) is 2.06. The Kier molecular flexibility index (Phi) is 4.18. The second-order valence-corrected chi connectivity index (χ2v) is 8.73. The highest BCUT2D eigenvalue weighted by molar-refractivity contribution is 5.82. The second-order valence-electron chi connectivity index (χ2n) is 8.73. The number of nitrogens with zero attached hydrogens (tertiary/aromatic N) is 4. The molecule has 25 heavy (non-hydrogen) atoms. The van der Waals surface area contributed by atoms with Crippen molar-refractivity contribution in [2.75, 3.05) is 0 Å². The third-order valence-corrected chi connectivity index (χ3v) is 5.02. The smallest absolute Gasteiger partial charge is 0.244 e. The Balaban J connectivity index is 1.74. The van der Waals surface area contributed by atoms with Gasteiger partial charge in [0.05, 0.1) is 11.9 Å². The fourth-order valence-corrected chi connectivity index (χ4v) is 4.27. The lowest BCUT2D eigenvalue weighted by molar-refractivity contribution is -0.125. The Morgan fingerprint density at radius 1 is 1.28 bits per heavy atom. The maximum atomic E-state index is 12.8. The van der Waals surface area contributed by atoms with Crippen LogP contribution in [0.2, 0.25) is 0 Å². The molecular formula is C18H30N6O. The number of hydrogen-bond acceptors (Lipinski definition) is 4. The highest BCUT2D eigenvalue weighted by Crippen LogP contribution is 2.29. The summed E-state index contributed by atoms with van der Waals surface area (Å²) < 4.78 is 3.54. The van der Waals surface area contributed by atoms with Crippen molar-refractivity contribution in [2.45, 2.75) is 77.5 Å². The maximum Gasteiger partial charge on any atom is 0.244 e. The molecule has 7 nitrogen and oxygen atoms in total. The Hall–Kier alpha value is -1.89. The minimum atomic E-state index is -0.354. The summed E-state index contributed by atoms with van der Waals surface area (Å²) in [5.41, 5.74) is 2.69. The topological polar surface area (TPSA) is 76.8 Å². The minimum absolute atomic E-state index is 0.00605. The zero-order valence-corrected chi connectivity index (χ0v) is 16.3. The molecule has 0 bridgehead atoms. The molecule has 1 unspecified atom stereocenters. The van der Waals surface area contributed by atoms with E-state index in [1.54, 1.807) is 9.36 Å². The summed E-state index contributed by atoms with van der Waals surface area (Å²) in [5, 5.41) is 15.8. The van der Waals surface area contributed by atoms with Gasteiger partial charge in [0.2, 0.25) is 5.91 Å². The summed E-state index contributed by atoms with van der Waals surface area (Å²) in [5.74, 6) is 0.0110. The van der Waals surface area contributed by atoms with Crippen LogP contribution in [-0.2, 0) is 11.8 Å². The second kappa shape index (κ2) is 5.83. The molecule has 1 atom stereocenters. The van der Waals surface area contributed by atoms with Gasteiger partial charge >= 0.3 is 0 Å². The number of hydrogen-bond donors (Lipinski definition) is 2. The largest absolute Gasteiger partial charge is 0.351 e. The van der Waals surface area contributed by atoms with Gasteiger partial charge < -0.3 is 10.6 Å². The molecule has 3 rings (SSSR count). The number of amides is 1. The molecule has 1 aliphatic heterocycles. The van der Waals surface area contributed by atoms with Crippen LogP contribution in [0.1, 0.15) is 59.2 Å². The van der Waals surface area contributed by atoms with E-state index in [1.165, 1.54) is 0 Å². The van der Waals surface area contributed by atoms with Crippen molar-refractivity contribution >= 4 is 16.9 Å². The van der Waals surface area contributed by atoms with Gasteiger partial charge in [0, 0.05) is 24.2 Å². The van der Waals surface area contributed by atoms with Gasteiger partial charge in [-0.05, 0) is 54.4 Å². The van der Waals surface area contributed by atoms with Gasteiger partial charge in [-0.15, -0.1) is 0 Å². The third kappa shape index (κ3) is 3.56. The molecule has 0 aromatic carbocycles. The van der Waals surface area contributed by atoms with Crippen molar-refractivity contribution in [3.63, 3.8) is 0 Å². The summed E-state index contributed by atoms with van der Waals surface area (Å²) in [6, 6.07) is -0.192. The zero-order valence-electron chi connectivity index (χ0n) is 16.3. The lowest BCUT2D eigenvalue weighted by Gasteiger charge is -2.46. The Labute approximate surface area is 149 Å². The van der Waals surface area contributed by atoms with E-state index in [2.05, 4.69) is 48.5 Å². The summed E-state index contributed by atoms with van der Waals surface area (Å²) in [7, 11) is 1.89. The number of carbonyl (C=O) groups excluding carboxylic acids is 1. The normalized spacial score (nSPS) is 21.4. The fourth-order valence-electron chi connectivity index (χ4n) is 4.27. The van der Waals surface area contributed by atoms with Crippen molar-refractivity contribution in [3.8, 4) is 0 Å². The Morgan fingerprint density at radius 3 is 2.44 bits per heavy atom. The molecule has 1 aliphatic rings. The third-order valence-electron chi connectivity index (χ3n) is 5.02. The minimum Gasteiger partial charge on any atom is -0.351 e. The van der Waals surface area contributed by atoms with E-state index < -0.39 is 0 Å². The molecule has 1 saturated heterocycles. The van der Waals surface area contributed by atoms with E-state index in [0.717, 1.165) is 29.6 Å². The molecule has 7 heteroatoms. The number of carbonyl (C=O) groups is 1. The van der Waals surface area contributed by atoms with E-state index in [-0.39, 0.29) is 29.1 Å². The van der Waals surface area contributed by atoms with Crippen molar-refractivity contribution in [3.05, 3.63) is 11.9 Å². The first-order chi connectivity index (χ1) is 11.5. The summed E-state index contributed by atoms with van der Waals surface area (Å²) in [4.78, 5) is 12.8. The number of rotatable bonds is 3. The molecule has 1 amide bonds. The number of aromatic nitrogens is 4. The molecule has 0 saturated carbocycles. The highest BCUT2D eigenvalue weighted by Gasteiger charge is 2.38. The van der Waals surface area contributed by atoms with Gasteiger partial charge in [0.25, 0.3) is 0 Å². The van der Waals surface area contributed by atoms with Gasteiger partial charge in [0.15, 0.2) is 0 Å². The first-order valence-electron chi connectivity index (χ1n) is 8.96. The fraction of sp³-hybridized carbons (Fsp3) is 0.722. The molecule has 0 aliphatic carbocycles. The Bertz CT molecular complexity index is 749. The molecule has 138 valence electrons. The van der Waals surface area contributed by atoms with Crippen LogP contribution in [0.15, 0.2) is 6.20 Å². The molecule has 2 aromatic heterocycles. The molecule has 2 N–H and O–H groups in total. The molecule has 3 heterocycles.